The van der Waals surface area contributed by atoms with Crippen LogP contribution in [0.1, 0.15) is 51.9 Å². The van der Waals surface area contributed by atoms with E-state index in [-0.39, 0.29) is 0 Å². The Morgan fingerprint density at radius 2 is 1.59 bits per heavy atom. The molecule has 3 rings (SSSR count). The zero-order valence-corrected chi connectivity index (χ0v) is 11.3. The van der Waals surface area contributed by atoms with Crippen LogP contribution in [0.25, 0.3) is 0 Å². The zero-order chi connectivity index (χ0) is 11.7. The standard InChI is InChI=1S/C15H28N2/c1-2-16-14-4-3-5-15(14)17(10-12-6-7-12)11-13-8-9-13/h12-16H,2-11H2,1H3. The Kier molecular flexibility index (Phi) is 3.72. The van der Waals surface area contributed by atoms with Gasteiger partial charge >= 0.3 is 0 Å². The summed E-state index contributed by atoms with van der Waals surface area (Å²) in [6.07, 6.45) is 10.3. The highest BCUT2D eigenvalue weighted by Crippen LogP contribution is 2.37. The second-order valence-corrected chi connectivity index (χ2v) is 6.50. The van der Waals surface area contributed by atoms with E-state index >= 15 is 0 Å². The average Bonchev–Trinajstić information content (AvgIpc) is 3.23. The summed E-state index contributed by atoms with van der Waals surface area (Å²) in [6, 6.07) is 1.65. The molecule has 1 N–H and O–H groups in total. The fraction of sp³-hybridized carbons (Fsp3) is 1.00. The monoisotopic (exact) mass is 236 g/mol. The number of nitrogens with one attached hydrogen (secondary N) is 1. The molecule has 2 heteroatoms. The van der Waals surface area contributed by atoms with Gasteiger partial charge in [0.2, 0.25) is 0 Å². The first-order valence-corrected chi connectivity index (χ1v) is 7.84. The summed E-state index contributed by atoms with van der Waals surface area (Å²) in [5.41, 5.74) is 0. The van der Waals surface area contributed by atoms with Crippen molar-refractivity contribution in [3.8, 4) is 0 Å². The van der Waals surface area contributed by atoms with Crippen molar-refractivity contribution in [2.24, 2.45) is 11.8 Å². The molecule has 98 valence electrons. The number of hydrogen-bond acceptors (Lipinski definition) is 2. The summed E-state index contributed by atoms with van der Waals surface area (Å²) < 4.78 is 0. The first kappa shape index (κ1) is 12.0. The molecule has 0 radical (unpaired) electrons. The van der Waals surface area contributed by atoms with E-state index in [0.29, 0.717) is 0 Å². The van der Waals surface area contributed by atoms with Gasteiger partial charge in [-0.1, -0.05) is 13.3 Å². The topological polar surface area (TPSA) is 15.3 Å². The Morgan fingerprint density at radius 1 is 0.941 bits per heavy atom. The van der Waals surface area contributed by atoms with Crippen LogP contribution in [0.2, 0.25) is 0 Å². The quantitative estimate of drug-likeness (QED) is 0.731. The maximum Gasteiger partial charge on any atom is 0.0249 e. The molecule has 3 aliphatic carbocycles. The van der Waals surface area contributed by atoms with E-state index in [2.05, 4.69) is 17.1 Å². The van der Waals surface area contributed by atoms with Gasteiger partial charge in [0, 0.05) is 25.2 Å². The third-order valence-electron chi connectivity index (χ3n) is 4.79. The summed E-state index contributed by atoms with van der Waals surface area (Å²) in [5, 5.41) is 3.72. The number of rotatable bonds is 7. The van der Waals surface area contributed by atoms with Gasteiger partial charge in [-0.25, -0.2) is 0 Å². The predicted octanol–water partition coefficient (Wildman–Crippen LogP) is 2.64. The van der Waals surface area contributed by atoms with Gasteiger partial charge in [-0.15, -0.1) is 0 Å². The molecule has 0 amide bonds. The summed E-state index contributed by atoms with van der Waals surface area (Å²) in [4.78, 5) is 2.87. The van der Waals surface area contributed by atoms with Crippen LogP contribution < -0.4 is 5.32 Å². The van der Waals surface area contributed by atoms with Gasteiger partial charge in [0.15, 0.2) is 0 Å². The second kappa shape index (κ2) is 5.27. The fourth-order valence-electron chi connectivity index (χ4n) is 3.49. The van der Waals surface area contributed by atoms with E-state index in [1.54, 1.807) is 0 Å². The van der Waals surface area contributed by atoms with Crippen LogP contribution in [0.15, 0.2) is 0 Å². The number of likely N-dealkylation sites (N-methyl/N-ethyl adjacent to an activating group) is 1. The maximum absolute atomic E-state index is 3.72. The third kappa shape index (κ3) is 3.23. The lowest BCUT2D eigenvalue weighted by molar-refractivity contribution is 0.159. The molecule has 17 heavy (non-hydrogen) atoms. The van der Waals surface area contributed by atoms with Crippen molar-refractivity contribution in [3.63, 3.8) is 0 Å². The molecule has 0 aromatic rings. The Bertz CT molecular complexity index is 231. The molecule has 3 fully saturated rings. The van der Waals surface area contributed by atoms with Gasteiger partial charge in [-0.3, -0.25) is 4.90 Å². The molecule has 0 spiro atoms. The van der Waals surface area contributed by atoms with Crippen LogP contribution in [-0.2, 0) is 0 Å². The van der Waals surface area contributed by atoms with Crippen LogP contribution in [0.5, 0.6) is 0 Å². The van der Waals surface area contributed by atoms with Gasteiger partial charge in [0.1, 0.15) is 0 Å². The van der Waals surface area contributed by atoms with Crippen molar-refractivity contribution in [3.05, 3.63) is 0 Å². The molecule has 0 aliphatic heterocycles. The lowest BCUT2D eigenvalue weighted by atomic mass is 10.1. The summed E-state index contributed by atoms with van der Waals surface area (Å²) in [5.74, 6) is 2.10. The van der Waals surface area contributed by atoms with Crippen molar-refractivity contribution >= 4 is 0 Å². The minimum Gasteiger partial charge on any atom is -0.313 e. The lowest BCUT2D eigenvalue weighted by Crippen LogP contribution is -2.48. The summed E-state index contributed by atoms with van der Waals surface area (Å²) >= 11 is 0. The molecule has 2 atom stereocenters. The SMILES string of the molecule is CCNC1CCCC1N(CC1CC1)CC1CC1. The maximum atomic E-state index is 3.72. The van der Waals surface area contributed by atoms with Gasteiger partial charge in [-0.05, 0) is 56.9 Å². The molecule has 0 aromatic heterocycles. The van der Waals surface area contributed by atoms with Crippen molar-refractivity contribution in [1.82, 2.24) is 10.2 Å². The van der Waals surface area contributed by atoms with Crippen LogP contribution in [0, 0.1) is 11.8 Å². The molecule has 2 unspecified atom stereocenters. The fourth-order valence-corrected chi connectivity index (χ4v) is 3.49. The minimum atomic E-state index is 0.789. The Morgan fingerprint density at radius 3 is 2.12 bits per heavy atom. The summed E-state index contributed by atoms with van der Waals surface area (Å²) in [7, 11) is 0. The molecule has 0 aromatic carbocycles. The van der Waals surface area contributed by atoms with Crippen LogP contribution in [0.4, 0.5) is 0 Å². The van der Waals surface area contributed by atoms with Gasteiger partial charge < -0.3 is 5.32 Å². The molecule has 0 saturated heterocycles. The normalized spacial score (nSPS) is 33.5. The summed E-state index contributed by atoms with van der Waals surface area (Å²) in [6.45, 7) is 6.20. The van der Waals surface area contributed by atoms with E-state index in [1.165, 1.54) is 58.0 Å². The van der Waals surface area contributed by atoms with Crippen molar-refractivity contribution in [2.45, 2.75) is 64.0 Å². The van der Waals surface area contributed by atoms with Crippen molar-refractivity contribution in [1.29, 1.82) is 0 Å². The highest BCUT2D eigenvalue weighted by Gasteiger charge is 2.37. The van der Waals surface area contributed by atoms with E-state index in [9.17, 15) is 0 Å². The Labute approximate surface area is 106 Å². The second-order valence-electron chi connectivity index (χ2n) is 6.50. The molecule has 3 aliphatic rings. The highest BCUT2D eigenvalue weighted by atomic mass is 15.2. The smallest absolute Gasteiger partial charge is 0.0249 e. The average molecular weight is 236 g/mol. The highest BCUT2D eigenvalue weighted by molar-refractivity contribution is 4.94. The van der Waals surface area contributed by atoms with Crippen molar-refractivity contribution < 1.29 is 0 Å². The number of hydrogen-bond donors (Lipinski definition) is 1. The number of nitrogens with zero attached hydrogens (tertiary/aromatic N) is 1. The van der Waals surface area contributed by atoms with Gasteiger partial charge in [0.05, 0.1) is 0 Å². The largest absolute Gasteiger partial charge is 0.313 e. The Balaban J connectivity index is 1.58. The van der Waals surface area contributed by atoms with E-state index < -0.39 is 0 Å². The van der Waals surface area contributed by atoms with Crippen molar-refractivity contribution in [2.75, 3.05) is 19.6 Å². The molecule has 3 saturated carbocycles. The Hall–Kier alpha value is -0.0800. The van der Waals surface area contributed by atoms with E-state index in [4.69, 9.17) is 0 Å². The first-order valence-electron chi connectivity index (χ1n) is 7.84. The molecular weight excluding hydrogens is 208 g/mol. The van der Waals surface area contributed by atoms with E-state index in [1.807, 2.05) is 0 Å². The molecule has 0 heterocycles. The van der Waals surface area contributed by atoms with Gasteiger partial charge in [0.25, 0.3) is 0 Å². The van der Waals surface area contributed by atoms with Gasteiger partial charge in [-0.2, -0.15) is 0 Å². The predicted molar refractivity (Wildman–Crippen MR) is 72.1 cm³/mol. The lowest BCUT2D eigenvalue weighted by Gasteiger charge is -2.33. The third-order valence-corrected chi connectivity index (χ3v) is 4.79. The van der Waals surface area contributed by atoms with Crippen LogP contribution >= 0.6 is 0 Å². The van der Waals surface area contributed by atoms with Crippen LogP contribution in [0.3, 0.4) is 0 Å². The molecule has 0 bridgehead atoms. The van der Waals surface area contributed by atoms with E-state index in [0.717, 1.165) is 30.5 Å². The first-order chi connectivity index (χ1) is 8.36. The zero-order valence-electron chi connectivity index (χ0n) is 11.3. The van der Waals surface area contributed by atoms with Crippen LogP contribution in [-0.4, -0.2) is 36.6 Å². The minimum absolute atomic E-state index is 0.789. The molecule has 2 nitrogen and oxygen atoms in total. The molecular formula is C15H28N2.